The SMILES string of the molecule is CN=C(NCCCN(C)Cc1ccccc1)NCCc1nc(C)c(C)s1.I. The third kappa shape index (κ3) is 9.03. The van der Waals surface area contributed by atoms with E-state index < -0.39 is 0 Å². The third-order valence-electron chi connectivity index (χ3n) is 4.23. The van der Waals surface area contributed by atoms with Crippen molar-refractivity contribution in [1.29, 1.82) is 0 Å². The normalized spacial score (nSPS) is 11.4. The Hall–Kier alpha value is -1.19. The van der Waals surface area contributed by atoms with Gasteiger partial charge in [0.25, 0.3) is 0 Å². The molecule has 0 bridgehead atoms. The molecule has 1 heterocycles. The molecular weight excluding hydrogens is 469 g/mol. The van der Waals surface area contributed by atoms with Gasteiger partial charge in [0.1, 0.15) is 0 Å². The van der Waals surface area contributed by atoms with Crippen LogP contribution in [0.4, 0.5) is 0 Å². The molecule has 0 aliphatic heterocycles. The van der Waals surface area contributed by atoms with Crippen molar-refractivity contribution in [2.45, 2.75) is 33.2 Å². The molecule has 7 heteroatoms. The van der Waals surface area contributed by atoms with Gasteiger partial charge in [0.2, 0.25) is 0 Å². The molecule has 2 aromatic rings. The summed E-state index contributed by atoms with van der Waals surface area (Å²) in [6.07, 6.45) is 2.01. The minimum Gasteiger partial charge on any atom is -0.356 e. The van der Waals surface area contributed by atoms with Gasteiger partial charge in [-0.1, -0.05) is 30.3 Å². The summed E-state index contributed by atoms with van der Waals surface area (Å²) in [6, 6.07) is 10.6. The van der Waals surface area contributed by atoms with Crippen molar-refractivity contribution in [3.63, 3.8) is 0 Å². The zero-order chi connectivity index (χ0) is 18.8. The number of aryl methyl sites for hydroxylation is 2. The lowest BCUT2D eigenvalue weighted by Crippen LogP contribution is -2.39. The van der Waals surface area contributed by atoms with Crippen molar-refractivity contribution in [3.05, 3.63) is 51.5 Å². The second kappa shape index (κ2) is 13.1. The summed E-state index contributed by atoms with van der Waals surface area (Å²) in [4.78, 5) is 12.5. The minimum atomic E-state index is 0. The van der Waals surface area contributed by atoms with E-state index in [1.54, 1.807) is 11.3 Å². The van der Waals surface area contributed by atoms with E-state index in [0.29, 0.717) is 0 Å². The fourth-order valence-electron chi connectivity index (χ4n) is 2.68. The molecule has 0 radical (unpaired) electrons. The maximum atomic E-state index is 4.57. The second-order valence-corrected chi connectivity index (χ2v) is 7.79. The Balaban J connectivity index is 0.00000364. The quantitative estimate of drug-likeness (QED) is 0.239. The molecule has 0 aliphatic carbocycles. The van der Waals surface area contributed by atoms with Crippen molar-refractivity contribution in [1.82, 2.24) is 20.5 Å². The number of aromatic nitrogens is 1. The second-order valence-electron chi connectivity index (χ2n) is 6.50. The summed E-state index contributed by atoms with van der Waals surface area (Å²) >= 11 is 1.78. The van der Waals surface area contributed by atoms with Crippen LogP contribution in [-0.2, 0) is 13.0 Å². The summed E-state index contributed by atoms with van der Waals surface area (Å²) in [5, 5.41) is 7.94. The first-order valence-electron chi connectivity index (χ1n) is 9.18. The summed E-state index contributed by atoms with van der Waals surface area (Å²) in [7, 11) is 3.98. The molecule has 2 N–H and O–H groups in total. The molecule has 0 fully saturated rings. The number of aliphatic imine (C=N–C) groups is 1. The highest BCUT2D eigenvalue weighted by Crippen LogP contribution is 2.16. The van der Waals surface area contributed by atoms with Crippen molar-refractivity contribution in [3.8, 4) is 0 Å². The maximum Gasteiger partial charge on any atom is 0.190 e. The highest BCUT2D eigenvalue weighted by Gasteiger charge is 2.04. The standard InChI is InChI=1S/C20H31N5S.HI/c1-16-17(2)26-19(24-16)11-13-23-20(21-3)22-12-8-14-25(4)15-18-9-6-5-7-10-18;/h5-7,9-10H,8,11-15H2,1-4H3,(H2,21,22,23);1H. The number of rotatable bonds is 9. The number of thiazole rings is 1. The highest BCUT2D eigenvalue weighted by atomic mass is 127. The Kier molecular flexibility index (Phi) is 11.5. The van der Waals surface area contributed by atoms with Crippen LogP contribution in [0.5, 0.6) is 0 Å². The van der Waals surface area contributed by atoms with Crippen molar-refractivity contribution < 1.29 is 0 Å². The topological polar surface area (TPSA) is 52.6 Å². The fourth-order valence-corrected chi connectivity index (χ4v) is 3.62. The van der Waals surface area contributed by atoms with E-state index in [2.05, 4.69) is 76.7 Å². The Morgan fingerprint density at radius 3 is 2.48 bits per heavy atom. The van der Waals surface area contributed by atoms with Gasteiger partial charge < -0.3 is 15.5 Å². The van der Waals surface area contributed by atoms with Gasteiger partial charge in [-0.15, -0.1) is 35.3 Å². The van der Waals surface area contributed by atoms with Crippen LogP contribution in [0.15, 0.2) is 35.3 Å². The molecule has 1 aromatic carbocycles. The van der Waals surface area contributed by atoms with E-state index in [1.165, 1.54) is 15.4 Å². The van der Waals surface area contributed by atoms with Gasteiger partial charge in [-0.2, -0.15) is 0 Å². The van der Waals surface area contributed by atoms with Crippen molar-refractivity contribution in [2.24, 2.45) is 4.99 Å². The molecule has 0 amide bonds. The lowest BCUT2D eigenvalue weighted by Gasteiger charge is -2.17. The molecule has 0 aliphatic rings. The average Bonchev–Trinajstić information content (AvgIpc) is 2.95. The van der Waals surface area contributed by atoms with E-state index in [-0.39, 0.29) is 24.0 Å². The minimum absolute atomic E-state index is 0. The first kappa shape index (κ1) is 23.8. The van der Waals surface area contributed by atoms with Gasteiger partial charge in [0.15, 0.2) is 5.96 Å². The monoisotopic (exact) mass is 501 g/mol. The Morgan fingerprint density at radius 1 is 1.15 bits per heavy atom. The van der Waals surface area contributed by atoms with Gasteiger partial charge >= 0.3 is 0 Å². The first-order chi connectivity index (χ1) is 12.6. The summed E-state index contributed by atoms with van der Waals surface area (Å²) < 4.78 is 0. The Morgan fingerprint density at radius 2 is 1.85 bits per heavy atom. The van der Waals surface area contributed by atoms with Gasteiger partial charge in [-0.05, 0) is 39.4 Å². The first-order valence-corrected chi connectivity index (χ1v) is 10.00. The maximum absolute atomic E-state index is 4.57. The van der Waals surface area contributed by atoms with E-state index in [4.69, 9.17) is 0 Å². The molecule has 0 spiro atoms. The molecule has 0 saturated heterocycles. The van der Waals surface area contributed by atoms with Crippen LogP contribution >= 0.6 is 35.3 Å². The molecule has 27 heavy (non-hydrogen) atoms. The number of guanidine groups is 1. The van der Waals surface area contributed by atoms with E-state index in [9.17, 15) is 0 Å². The molecule has 0 saturated carbocycles. The molecule has 1 aromatic heterocycles. The number of hydrogen-bond acceptors (Lipinski definition) is 4. The van der Waals surface area contributed by atoms with Crippen LogP contribution in [0.1, 0.15) is 27.6 Å². The van der Waals surface area contributed by atoms with Gasteiger partial charge in [-0.25, -0.2) is 4.98 Å². The Bertz CT molecular complexity index is 667. The molecule has 150 valence electrons. The van der Waals surface area contributed by atoms with E-state index in [1.807, 2.05) is 7.05 Å². The predicted molar refractivity (Wildman–Crippen MR) is 127 cm³/mol. The van der Waals surface area contributed by atoms with Gasteiger partial charge in [-0.3, -0.25) is 4.99 Å². The number of nitrogens with one attached hydrogen (secondary N) is 2. The molecule has 0 unspecified atom stereocenters. The smallest absolute Gasteiger partial charge is 0.190 e. The Labute approximate surface area is 184 Å². The molecule has 5 nitrogen and oxygen atoms in total. The zero-order valence-electron chi connectivity index (χ0n) is 16.8. The van der Waals surface area contributed by atoms with Crippen LogP contribution in [0.25, 0.3) is 0 Å². The van der Waals surface area contributed by atoms with E-state index in [0.717, 1.165) is 50.7 Å². The summed E-state index contributed by atoms with van der Waals surface area (Å²) in [5.74, 6) is 0.862. The molecular formula is C20H32IN5S. The van der Waals surface area contributed by atoms with Crippen LogP contribution in [0.3, 0.4) is 0 Å². The van der Waals surface area contributed by atoms with Crippen LogP contribution in [-0.4, -0.2) is 49.6 Å². The third-order valence-corrected chi connectivity index (χ3v) is 5.36. The van der Waals surface area contributed by atoms with E-state index >= 15 is 0 Å². The summed E-state index contributed by atoms with van der Waals surface area (Å²) in [5.41, 5.74) is 2.50. The van der Waals surface area contributed by atoms with Crippen molar-refractivity contribution >= 4 is 41.3 Å². The molecule has 2 rings (SSSR count). The number of nitrogens with zero attached hydrogens (tertiary/aromatic N) is 3. The summed E-state index contributed by atoms with van der Waals surface area (Å²) in [6.45, 7) is 7.99. The fraction of sp³-hybridized carbons (Fsp3) is 0.500. The zero-order valence-corrected chi connectivity index (χ0v) is 19.9. The average molecular weight is 501 g/mol. The van der Waals surface area contributed by atoms with Crippen LogP contribution in [0, 0.1) is 13.8 Å². The van der Waals surface area contributed by atoms with Crippen LogP contribution in [0.2, 0.25) is 0 Å². The van der Waals surface area contributed by atoms with Crippen molar-refractivity contribution in [2.75, 3.05) is 33.7 Å². The lowest BCUT2D eigenvalue weighted by molar-refractivity contribution is 0.322. The number of benzene rings is 1. The largest absolute Gasteiger partial charge is 0.356 e. The van der Waals surface area contributed by atoms with Gasteiger partial charge in [0, 0.05) is 38.0 Å². The lowest BCUT2D eigenvalue weighted by atomic mass is 10.2. The molecule has 0 atom stereocenters. The number of halogens is 1. The number of hydrogen-bond donors (Lipinski definition) is 2. The van der Waals surface area contributed by atoms with Gasteiger partial charge in [0.05, 0.1) is 10.7 Å². The highest BCUT2D eigenvalue weighted by molar-refractivity contribution is 14.0. The predicted octanol–water partition coefficient (Wildman–Crippen LogP) is 3.61. The van der Waals surface area contributed by atoms with Crippen LogP contribution < -0.4 is 10.6 Å².